The minimum atomic E-state index is -1.24. The molecule has 0 aliphatic rings. The summed E-state index contributed by atoms with van der Waals surface area (Å²) in [6.45, 7) is 5.36. The van der Waals surface area contributed by atoms with Crippen LogP contribution in [0.5, 0.6) is 5.75 Å². The average Bonchev–Trinajstić information content (AvgIpc) is 1.96. The van der Waals surface area contributed by atoms with E-state index in [2.05, 4.69) is 0 Å². The highest BCUT2D eigenvalue weighted by Crippen LogP contribution is 2.17. The zero-order valence-corrected chi connectivity index (χ0v) is 7.60. The van der Waals surface area contributed by atoms with Crippen molar-refractivity contribution in [2.24, 2.45) is 0 Å². The number of ether oxygens (including phenoxy) is 1. The lowest BCUT2D eigenvalue weighted by Gasteiger charge is -2.08. The monoisotopic (exact) mass is 168 g/mol. The first kappa shape index (κ1) is 9.04. The van der Waals surface area contributed by atoms with E-state index in [1.54, 1.807) is 6.07 Å². The molecule has 0 bridgehead atoms. The molecule has 0 radical (unpaired) electrons. The van der Waals surface area contributed by atoms with Crippen LogP contribution in [0.15, 0.2) is 18.2 Å². The summed E-state index contributed by atoms with van der Waals surface area (Å²) < 4.78 is 17.3. The number of hydrogen-bond donors (Lipinski definition) is 0. The Morgan fingerprint density at radius 1 is 1.25 bits per heavy atom. The maximum atomic E-state index is 12.4. The maximum Gasteiger partial charge on any atom is 0.235 e. The summed E-state index contributed by atoms with van der Waals surface area (Å²) in [6, 6.07) is 5.54. The average molecular weight is 168 g/mol. The highest BCUT2D eigenvalue weighted by Gasteiger charge is 2.00. The van der Waals surface area contributed by atoms with Crippen LogP contribution in [0, 0.1) is 13.8 Å². The van der Waals surface area contributed by atoms with Gasteiger partial charge >= 0.3 is 0 Å². The Bertz CT molecular complexity index is 269. The van der Waals surface area contributed by atoms with Gasteiger partial charge in [-0.1, -0.05) is 6.07 Å². The molecular weight excluding hydrogens is 155 g/mol. The van der Waals surface area contributed by atoms with Gasteiger partial charge in [0, 0.05) is 6.92 Å². The summed E-state index contributed by atoms with van der Waals surface area (Å²) in [6.07, 6.45) is -1.24. The van der Waals surface area contributed by atoms with Crippen molar-refractivity contribution >= 4 is 0 Å². The zero-order chi connectivity index (χ0) is 9.14. The van der Waals surface area contributed by atoms with Crippen LogP contribution in [0.4, 0.5) is 4.39 Å². The summed E-state index contributed by atoms with van der Waals surface area (Å²) >= 11 is 0. The molecule has 1 rings (SSSR count). The molecule has 0 amide bonds. The molecule has 1 atom stereocenters. The van der Waals surface area contributed by atoms with Crippen molar-refractivity contribution in [3.63, 3.8) is 0 Å². The molecule has 1 aromatic rings. The van der Waals surface area contributed by atoms with Crippen molar-refractivity contribution in [1.82, 2.24) is 0 Å². The highest BCUT2D eigenvalue weighted by atomic mass is 19.1. The number of benzene rings is 1. The van der Waals surface area contributed by atoms with Crippen molar-refractivity contribution in [3.8, 4) is 5.75 Å². The molecule has 2 heteroatoms. The Hall–Kier alpha value is -1.05. The number of hydrogen-bond acceptors (Lipinski definition) is 1. The van der Waals surface area contributed by atoms with E-state index in [0.29, 0.717) is 5.75 Å². The van der Waals surface area contributed by atoms with E-state index in [4.69, 9.17) is 4.74 Å². The van der Waals surface area contributed by atoms with Crippen molar-refractivity contribution in [1.29, 1.82) is 0 Å². The molecular formula is C10H13FO. The Morgan fingerprint density at radius 2 is 1.92 bits per heavy atom. The maximum absolute atomic E-state index is 12.4. The summed E-state index contributed by atoms with van der Waals surface area (Å²) in [5, 5.41) is 0. The largest absolute Gasteiger partial charge is 0.461 e. The van der Waals surface area contributed by atoms with Crippen LogP contribution in [0.25, 0.3) is 0 Å². The van der Waals surface area contributed by atoms with Gasteiger partial charge in [0.1, 0.15) is 5.75 Å². The van der Waals surface area contributed by atoms with Gasteiger partial charge in [0.25, 0.3) is 0 Å². The first-order chi connectivity index (χ1) is 5.59. The topological polar surface area (TPSA) is 9.23 Å². The van der Waals surface area contributed by atoms with Crippen molar-refractivity contribution in [2.75, 3.05) is 0 Å². The quantitative estimate of drug-likeness (QED) is 0.659. The molecule has 0 saturated carbocycles. The summed E-state index contributed by atoms with van der Waals surface area (Å²) in [5.74, 6) is 0.591. The molecule has 0 aliphatic carbocycles. The van der Waals surface area contributed by atoms with Crippen LogP contribution < -0.4 is 4.74 Å². The lowest BCUT2D eigenvalue weighted by Crippen LogP contribution is -2.03. The second-order valence-corrected chi connectivity index (χ2v) is 2.91. The fourth-order valence-corrected chi connectivity index (χ4v) is 0.975. The van der Waals surface area contributed by atoms with E-state index < -0.39 is 6.36 Å². The third-order valence-corrected chi connectivity index (χ3v) is 1.78. The third kappa shape index (κ3) is 2.22. The van der Waals surface area contributed by atoms with Gasteiger partial charge in [-0.05, 0) is 37.1 Å². The number of aryl methyl sites for hydroxylation is 2. The predicted molar refractivity (Wildman–Crippen MR) is 47.1 cm³/mol. The molecule has 0 aromatic heterocycles. The number of rotatable bonds is 2. The van der Waals surface area contributed by atoms with Crippen LogP contribution in [-0.4, -0.2) is 6.36 Å². The molecule has 0 fully saturated rings. The molecule has 66 valence electrons. The highest BCUT2D eigenvalue weighted by molar-refractivity contribution is 5.33. The Morgan fingerprint density at radius 3 is 2.42 bits per heavy atom. The first-order valence-corrected chi connectivity index (χ1v) is 3.97. The molecule has 0 heterocycles. The van der Waals surface area contributed by atoms with Crippen molar-refractivity contribution < 1.29 is 9.13 Å². The molecule has 0 aliphatic heterocycles. The van der Waals surface area contributed by atoms with Crippen molar-refractivity contribution in [3.05, 3.63) is 29.3 Å². The fourth-order valence-electron chi connectivity index (χ4n) is 0.975. The van der Waals surface area contributed by atoms with Crippen LogP contribution in [0.3, 0.4) is 0 Å². The summed E-state index contributed by atoms with van der Waals surface area (Å²) in [4.78, 5) is 0. The Balaban J connectivity index is 2.82. The van der Waals surface area contributed by atoms with Gasteiger partial charge in [-0.2, -0.15) is 0 Å². The van der Waals surface area contributed by atoms with E-state index in [1.807, 2.05) is 26.0 Å². The molecule has 0 spiro atoms. The fraction of sp³-hybridized carbons (Fsp3) is 0.400. The lowest BCUT2D eigenvalue weighted by molar-refractivity contribution is 0.0860. The Kier molecular flexibility index (Phi) is 2.69. The SMILES string of the molecule is Cc1ccc(OC(C)F)cc1C. The van der Waals surface area contributed by atoms with Gasteiger partial charge in [-0.15, -0.1) is 0 Å². The second-order valence-electron chi connectivity index (χ2n) is 2.91. The first-order valence-electron chi connectivity index (χ1n) is 3.97. The molecule has 0 N–H and O–H groups in total. The van der Waals surface area contributed by atoms with E-state index in [9.17, 15) is 4.39 Å². The normalized spacial score (nSPS) is 12.7. The standard InChI is InChI=1S/C10H13FO/c1-7-4-5-10(6-8(7)2)12-9(3)11/h4-6,9H,1-3H3. The van der Waals surface area contributed by atoms with Gasteiger partial charge in [0.2, 0.25) is 6.36 Å². The van der Waals surface area contributed by atoms with Crippen LogP contribution in [-0.2, 0) is 0 Å². The van der Waals surface area contributed by atoms with Gasteiger partial charge in [-0.25, -0.2) is 4.39 Å². The van der Waals surface area contributed by atoms with E-state index in [-0.39, 0.29) is 0 Å². The minimum absolute atomic E-state index is 0.591. The van der Waals surface area contributed by atoms with Crippen LogP contribution >= 0.6 is 0 Å². The second kappa shape index (κ2) is 3.57. The predicted octanol–water partition coefficient (Wildman–Crippen LogP) is 3.00. The van der Waals surface area contributed by atoms with Gasteiger partial charge < -0.3 is 4.74 Å². The zero-order valence-electron chi connectivity index (χ0n) is 7.60. The Labute approximate surface area is 72.2 Å². The van der Waals surface area contributed by atoms with Crippen molar-refractivity contribution in [2.45, 2.75) is 27.1 Å². The van der Waals surface area contributed by atoms with E-state index in [0.717, 1.165) is 5.56 Å². The number of alkyl halides is 1. The summed E-state index contributed by atoms with van der Waals surface area (Å²) in [5.41, 5.74) is 2.31. The molecule has 1 unspecified atom stereocenters. The third-order valence-electron chi connectivity index (χ3n) is 1.78. The van der Waals surface area contributed by atoms with Gasteiger partial charge in [0.05, 0.1) is 0 Å². The smallest absolute Gasteiger partial charge is 0.235 e. The van der Waals surface area contributed by atoms with Crippen LogP contribution in [0.2, 0.25) is 0 Å². The van der Waals surface area contributed by atoms with Gasteiger partial charge in [-0.3, -0.25) is 0 Å². The van der Waals surface area contributed by atoms with E-state index >= 15 is 0 Å². The number of halogens is 1. The molecule has 12 heavy (non-hydrogen) atoms. The summed E-state index contributed by atoms with van der Waals surface area (Å²) in [7, 11) is 0. The van der Waals surface area contributed by atoms with Gasteiger partial charge in [0.15, 0.2) is 0 Å². The van der Waals surface area contributed by atoms with E-state index in [1.165, 1.54) is 12.5 Å². The molecule has 1 aromatic carbocycles. The molecule has 0 saturated heterocycles. The lowest BCUT2D eigenvalue weighted by atomic mass is 10.1. The molecule has 1 nitrogen and oxygen atoms in total. The minimum Gasteiger partial charge on any atom is -0.461 e. The van der Waals surface area contributed by atoms with Crippen LogP contribution in [0.1, 0.15) is 18.1 Å².